The first-order valence-electron chi connectivity index (χ1n) is 8.23. The predicted molar refractivity (Wildman–Crippen MR) is 102 cm³/mol. The monoisotopic (exact) mass is 385 g/mol. The molecule has 0 fully saturated rings. The van der Waals surface area contributed by atoms with Crippen LogP contribution in [0.3, 0.4) is 0 Å². The third-order valence-corrected chi connectivity index (χ3v) is 4.47. The van der Waals surface area contributed by atoms with Gasteiger partial charge in [-0.15, -0.1) is 0 Å². The van der Waals surface area contributed by atoms with E-state index in [-0.39, 0.29) is 22.8 Å². The van der Waals surface area contributed by atoms with Gasteiger partial charge in [-0.05, 0) is 31.2 Å². The molecule has 5 nitrogen and oxygen atoms in total. The van der Waals surface area contributed by atoms with Crippen molar-refractivity contribution >= 4 is 17.5 Å². The Morgan fingerprint density at radius 3 is 2.56 bits per heavy atom. The topological polar surface area (TPSA) is 55.2 Å². The van der Waals surface area contributed by atoms with Gasteiger partial charge in [0.05, 0.1) is 12.2 Å². The number of nitrogens with zero attached hydrogens (tertiary/aromatic N) is 3. The first kappa shape index (κ1) is 18.8. The molecule has 3 aromatic rings. The number of carbonyl (C=O) groups excluding carboxylic acids is 1. The van der Waals surface area contributed by atoms with E-state index in [9.17, 15) is 14.0 Å². The Bertz CT molecular complexity index is 1030. The second kappa shape index (κ2) is 7.72. The molecule has 0 saturated heterocycles. The highest BCUT2D eigenvalue weighted by Crippen LogP contribution is 2.20. The lowest BCUT2D eigenvalue weighted by atomic mass is 10.2. The fourth-order valence-electron chi connectivity index (χ4n) is 2.70. The quantitative estimate of drug-likeness (QED) is 0.689. The third-order valence-electron chi connectivity index (χ3n) is 4.11. The molecule has 0 N–H and O–H groups in total. The number of aryl methyl sites for hydroxylation is 1. The molecule has 0 bridgehead atoms. The van der Waals surface area contributed by atoms with Crippen molar-refractivity contribution in [2.45, 2.75) is 13.5 Å². The highest BCUT2D eigenvalue weighted by Gasteiger charge is 2.21. The summed E-state index contributed by atoms with van der Waals surface area (Å²) in [5.74, 6) is -1.12. The van der Waals surface area contributed by atoms with Crippen molar-refractivity contribution in [2.75, 3.05) is 7.05 Å². The van der Waals surface area contributed by atoms with Gasteiger partial charge in [0.15, 0.2) is 5.69 Å². The number of aromatic nitrogens is 2. The Kier molecular flexibility index (Phi) is 5.37. The van der Waals surface area contributed by atoms with E-state index in [1.54, 1.807) is 13.0 Å². The largest absolute Gasteiger partial charge is 0.336 e. The molecule has 7 heteroatoms. The summed E-state index contributed by atoms with van der Waals surface area (Å²) in [6, 6.07) is 14.8. The summed E-state index contributed by atoms with van der Waals surface area (Å²) in [5.41, 5.74) is 0.785. The summed E-state index contributed by atoms with van der Waals surface area (Å²) in [7, 11) is 1.47. The molecular formula is C20H17ClFN3O2. The van der Waals surface area contributed by atoms with E-state index in [2.05, 4.69) is 5.10 Å². The molecule has 1 aromatic heterocycles. The summed E-state index contributed by atoms with van der Waals surface area (Å²) < 4.78 is 15.5. The van der Waals surface area contributed by atoms with Gasteiger partial charge >= 0.3 is 0 Å². The molecule has 0 aliphatic carbocycles. The average molecular weight is 386 g/mol. The Hall–Kier alpha value is -2.99. The molecule has 1 amide bonds. The van der Waals surface area contributed by atoms with E-state index in [4.69, 9.17) is 11.6 Å². The molecule has 0 unspecified atom stereocenters. The number of hydrogen-bond acceptors (Lipinski definition) is 3. The van der Waals surface area contributed by atoms with Gasteiger partial charge in [0.1, 0.15) is 5.82 Å². The summed E-state index contributed by atoms with van der Waals surface area (Å²) in [5, 5.41) is 4.45. The lowest BCUT2D eigenvalue weighted by molar-refractivity contribution is 0.0774. The van der Waals surface area contributed by atoms with Crippen LogP contribution in [0, 0.1) is 12.7 Å². The van der Waals surface area contributed by atoms with Crippen molar-refractivity contribution < 1.29 is 9.18 Å². The number of para-hydroxylation sites is 1. The van der Waals surface area contributed by atoms with Crippen LogP contribution in [0.2, 0.25) is 5.02 Å². The summed E-state index contributed by atoms with van der Waals surface area (Å²) in [6.45, 7) is 1.66. The van der Waals surface area contributed by atoms with Crippen LogP contribution in [0.15, 0.2) is 59.4 Å². The minimum absolute atomic E-state index is 0.0787. The zero-order valence-electron chi connectivity index (χ0n) is 14.8. The van der Waals surface area contributed by atoms with E-state index < -0.39 is 17.2 Å². The average Bonchev–Trinajstić information content (AvgIpc) is 2.65. The smallest absolute Gasteiger partial charge is 0.278 e. The molecule has 1 heterocycles. The molecule has 0 saturated carbocycles. The van der Waals surface area contributed by atoms with Crippen LogP contribution in [-0.4, -0.2) is 27.6 Å². The van der Waals surface area contributed by atoms with Gasteiger partial charge in [0, 0.05) is 29.4 Å². The fraction of sp³-hybridized carbons (Fsp3) is 0.150. The van der Waals surface area contributed by atoms with Crippen LogP contribution in [0.1, 0.15) is 21.7 Å². The highest BCUT2D eigenvalue weighted by molar-refractivity contribution is 6.31. The second-order valence-electron chi connectivity index (χ2n) is 6.11. The Balaban J connectivity index is 1.96. The van der Waals surface area contributed by atoms with Gasteiger partial charge in [-0.1, -0.05) is 35.9 Å². The van der Waals surface area contributed by atoms with Crippen molar-refractivity contribution in [1.82, 2.24) is 14.7 Å². The number of rotatable bonds is 4. The molecule has 2 aromatic carbocycles. The SMILES string of the molecule is Cc1cc(=O)c(C(=O)N(C)Cc2c(F)cccc2Cl)nn1-c1ccccc1. The van der Waals surface area contributed by atoms with E-state index in [1.165, 1.54) is 34.8 Å². The van der Waals surface area contributed by atoms with Gasteiger partial charge in [-0.3, -0.25) is 9.59 Å². The predicted octanol–water partition coefficient (Wildman–Crippen LogP) is 3.61. The normalized spacial score (nSPS) is 10.7. The van der Waals surface area contributed by atoms with Crippen molar-refractivity contribution in [2.24, 2.45) is 0 Å². The lowest BCUT2D eigenvalue weighted by Crippen LogP contribution is -2.33. The second-order valence-corrected chi connectivity index (χ2v) is 6.51. The van der Waals surface area contributed by atoms with Crippen molar-refractivity contribution in [3.63, 3.8) is 0 Å². The van der Waals surface area contributed by atoms with Crippen LogP contribution in [0.5, 0.6) is 0 Å². The number of halogens is 2. The number of benzene rings is 2. The van der Waals surface area contributed by atoms with Gasteiger partial charge < -0.3 is 4.90 Å². The van der Waals surface area contributed by atoms with Crippen molar-refractivity contribution in [3.05, 3.63) is 92.6 Å². The van der Waals surface area contributed by atoms with Crippen molar-refractivity contribution in [1.29, 1.82) is 0 Å². The number of amides is 1. The third kappa shape index (κ3) is 3.90. The molecule has 0 radical (unpaired) electrons. The molecular weight excluding hydrogens is 369 g/mol. The van der Waals surface area contributed by atoms with E-state index in [0.717, 1.165) is 5.69 Å². The van der Waals surface area contributed by atoms with Crippen LogP contribution in [-0.2, 0) is 6.54 Å². The highest BCUT2D eigenvalue weighted by atomic mass is 35.5. The molecule has 0 spiro atoms. The molecule has 138 valence electrons. The molecule has 0 atom stereocenters. The molecule has 27 heavy (non-hydrogen) atoms. The van der Waals surface area contributed by atoms with Crippen LogP contribution in [0.25, 0.3) is 5.69 Å². The first-order chi connectivity index (χ1) is 12.9. The summed E-state index contributed by atoms with van der Waals surface area (Å²) in [6.07, 6.45) is 0. The molecule has 0 aliphatic heterocycles. The van der Waals surface area contributed by atoms with Gasteiger partial charge in [0.25, 0.3) is 5.91 Å². The zero-order chi connectivity index (χ0) is 19.6. The van der Waals surface area contributed by atoms with Crippen molar-refractivity contribution in [3.8, 4) is 5.69 Å². The van der Waals surface area contributed by atoms with Crippen LogP contribution in [0.4, 0.5) is 4.39 Å². The maximum atomic E-state index is 14.0. The maximum absolute atomic E-state index is 14.0. The Labute approximate surface area is 160 Å². The Morgan fingerprint density at radius 2 is 1.89 bits per heavy atom. The maximum Gasteiger partial charge on any atom is 0.278 e. The van der Waals surface area contributed by atoms with E-state index >= 15 is 0 Å². The van der Waals surface area contributed by atoms with Crippen LogP contribution >= 0.6 is 11.6 Å². The summed E-state index contributed by atoms with van der Waals surface area (Å²) in [4.78, 5) is 26.3. The van der Waals surface area contributed by atoms with Gasteiger partial charge in [-0.2, -0.15) is 5.10 Å². The minimum Gasteiger partial charge on any atom is -0.336 e. The van der Waals surface area contributed by atoms with E-state index in [1.807, 2.05) is 30.3 Å². The first-order valence-corrected chi connectivity index (χ1v) is 8.61. The van der Waals surface area contributed by atoms with Gasteiger partial charge in [-0.25, -0.2) is 9.07 Å². The van der Waals surface area contributed by atoms with Crippen LogP contribution < -0.4 is 5.43 Å². The lowest BCUT2D eigenvalue weighted by Gasteiger charge is -2.19. The summed E-state index contributed by atoms with van der Waals surface area (Å²) >= 11 is 6.02. The molecule has 3 rings (SSSR count). The molecule has 0 aliphatic rings. The standard InChI is InChI=1S/C20H17ClFN3O2/c1-13-11-18(26)19(23-25(13)14-7-4-3-5-8-14)20(27)24(2)12-15-16(21)9-6-10-17(15)22/h3-11H,12H2,1-2H3. The van der Waals surface area contributed by atoms with Gasteiger partial charge in [0.2, 0.25) is 5.43 Å². The number of hydrogen-bond donors (Lipinski definition) is 0. The van der Waals surface area contributed by atoms with E-state index in [0.29, 0.717) is 5.69 Å². The minimum atomic E-state index is -0.607. The Morgan fingerprint density at radius 1 is 1.19 bits per heavy atom. The number of carbonyl (C=O) groups is 1. The zero-order valence-corrected chi connectivity index (χ0v) is 15.6. The fourth-order valence-corrected chi connectivity index (χ4v) is 2.92.